The van der Waals surface area contributed by atoms with E-state index in [2.05, 4.69) is 5.32 Å². The summed E-state index contributed by atoms with van der Waals surface area (Å²) in [6.45, 7) is 4.02. The zero-order valence-electron chi connectivity index (χ0n) is 17.3. The minimum absolute atomic E-state index is 0.0928. The van der Waals surface area contributed by atoms with Crippen molar-refractivity contribution < 1.29 is 23.2 Å². The number of benzene rings is 2. The predicted octanol–water partition coefficient (Wildman–Crippen LogP) is 4.59. The second-order valence-electron chi connectivity index (χ2n) is 6.67. The van der Waals surface area contributed by atoms with Gasteiger partial charge in [0.2, 0.25) is 5.91 Å². The van der Waals surface area contributed by atoms with Crippen LogP contribution >= 0.6 is 30.8 Å². The Morgan fingerprint density at radius 1 is 1.06 bits per heavy atom. The maximum atomic E-state index is 12.6. The molecule has 2 aromatic rings. The summed E-state index contributed by atoms with van der Waals surface area (Å²) in [6.07, 6.45) is 0.219. The second kappa shape index (κ2) is 11.7. The summed E-state index contributed by atoms with van der Waals surface area (Å²) >= 11 is 12.0. The van der Waals surface area contributed by atoms with E-state index in [9.17, 15) is 14.2 Å². The van der Waals surface area contributed by atoms with Crippen LogP contribution in [0.25, 0.3) is 0 Å². The van der Waals surface area contributed by atoms with E-state index in [1.165, 1.54) is 0 Å². The first-order valence-corrected chi connectivity index (χ1v) is 12.2. The van der Waals surface area contributed by atoms with Gasteiger partial charge in [-0.2, -0.15) is 0 Å². The molecule has 2 rings (SSSR count). The molecule has 1 atom stereocenters. The molecule has 31 heavy (non-hydrogen) atoms. The van der Waals surface area contributed by atoms with Crippen molar-refractivity contribution in [1.29, 1.82) is 0 Å². The number of carbonyl (C=O) groups excluding carboxylic acids is 2. The maximum Gasteiger partial charge on any atom is 0.335 e. The van der Waals surface area contributed by atoms with Gasteiger partial charge in [0.05, 0.1) is 19.4 Å². The topological polar surface area (TPSA) is 108 Å². The average molecular weight is 487 g/mol. The van der Waals surface area contributed by atoms with E-state index in [-0.39, 0.29) is 25.8 Å². The third-order valence-electron chi connectivity index (χ3n) is 4.33. The first-order valence-electron chi connectivity index (χ1n) is 9.68. The molecular formula is C21H25Cl2N2O5P. The highest BCUT2D eigenvalue weighted by atomic mass is 35.5. The van der Waals surface area contributed by atoms with Gasteiger partial charge in [-0.15, -0.1) is 0 Å². The molecule has 0 saturated carbocycles. The number of amides is 2. The Morgan fingerprint density at radius 2 is 1.68 bits per heavy atom. The first kappa shape index (κ1) is 25.4. The van der Waals surface area contributed by atoms with E-state index in [0.29, 0.717) is 26.7 Å². The number of hydrogen-bond donors (Lipinski definition) is 2. The quantitative estimate of drug-likeness (QED) is 0.451. The SMILES string of the molecule is CCOP(=O)(Cc1ccc(C(=O)N[C@H](Cc2ccc(Cl)cc2Cl)C(N)=O)cc1)OCC. The lowest BCUT2D eigenvalue weighted by Gasteiger charge is -2.18. The summed E-state index contributed by atoms with van der Waals surface area (Å²) in [6, 6.07) is 10.4. The minimum atomic E-state index is -3.25. The Balaban J connectivity index is 2.09. The third-order valence-corrected chi connectivity index (χ3v) is 6.97. The highest BCUT2D eigenvalue weighted by molar-refractivity contribution is 7.53. The summed E-state index contributed by atoms with van der Waals surface area (Å²) in [4.78, 5) is 24.5. The Kier molecular flexibility index (Phi) is 9.54. The van der Waals surface area contributed by atoms with E-state index < -0.39 is 25.5 Å². The van der Waals surface area contributed by atoms with Crippen LogP contribution in [0.5, 0.6) is 0 Å². The Labute approximate surface area is 191 Å². The molecule has 0 saturated heterocycles. The van der Waals surface area contributed by atoms with Crippen LogP contribution in [0, 0.1) is 0 Å². The minimum Gasteiger partial charge on any atom is -0.368 e. The van der Waals surface area contributed by atoms with Crippen molar-refractivity contribution in [3.05, 3.63) is 69.2 Å². The molecule has 0 bridgehead atoms. The zero-order chi connectivity index (χ0) is 23.0. The van der Waals surface area contributed by atoms with Gasteiger partial charge in [-0.1, -0.05) is 41.4 Å². The number of primary amides is 1. The first-order chi connectivity index (χ1) is 14.7. The fourth-order valence-corrected chi connectivity index (χ4v) is 5.07. The van der Waals surface area contributed by atoms with Gasteiger partial charge < -0.3 is 20.1 Å². The Hall–Kier alpha value is -1.89. The third kappa shape index (κ3) is 7.63. The summed E-state index contributed by atoms with van der Waals surface area (Å²) in [5.74, 6) is -1.16. The second-order valence-corrected chi connectivity index (χ2v) is 9.57. The average Bonchev–Trinajstić information content (AvgIpc) is 2.69. The molecule has 0 aliphatic heterocycles. The van der Waals surface area contributed by atoms with E-state index in [1.807, 2.05) is 0 Å². The molecule has 0 heterocycles. The number of carbonyl (C=O) groups is 2. The molecular weight excluding hydrogens is 462 g/mol. The fraction of sp³-hybridized carbons (Fsp3) is 0.333. The van der Waals surface area contributed by atoms with Crippen LogP contribution in [0.1, 0.15) is 35.3 Å². The van der Waals surface area contributed by atoms with Crippen LogP contribution in [0.4, 0.5) is 0 Å². The van der Waals surface area contributed by atoms with Gasteiger partial charge in [0.25, 0.3) is 5.91 Å². The van der Waals surface area contributed by atoms with Crippen LogP contribution in [-0.2, 0) is 31.0 Å². The molecule has 168 valence electrons. The molecule has 2 aromatic carbocycles. The number of rotatable bonds is 11. The van der Waals surface area contributed by atoms with Crippen molar-refractivity contribution in [3.8, 4) is 0 Å². The van der Waals surface area contributed by atoms with Crippen molar-refractivity contribution >= 4 is 42.6 Å². The summed E-state index contributed by atoms with van der Waals surface area (Å²) in [5, 5.41) is 3.47. The molecule has 3 N–H and O–H groups in total. The van der Waals surface area contributed by atoms with Gasteiger partial charge >= 0.3 is 7.60 Å². The standard InChI is InChI=1S/C21H25Cl2N2O5P/c1-3-29-31(28,30-4-2)13-14-5-7-15(8-6-14)21(27)25-19(20(24)26)11-16-9-10-17(22)12-18(16)23/h5-10,12,19H,3-4,11,13H2,1-2H3,(H2,24,26)(H,25,27)/t19-/m1/s1. The normalized spacial score (nSPS) is 12.4. The van der Waals surface area contributed by atoms with Crippen molar-refractivity contribution in [2.75, 3.05) is 13.2 Å². The lowest BCUT2D eigenvalue weighted by Crippen LogP contribution is -2.45. The molecule has 0 spiro atoms. The van der Waals surface area contributed by atoms with Gasteiger partial charge in [-0.25, -0.2) is 0 Å². The smallest absolute Gasteiger partial charge is 0.335 e. The largest absolute Gasteiger partial charge is 0.368 e. The number of hydrogen-bond acceptors (Lipinski definition) is 5. The molecule has 0 aliphatic rings. The summed E-state index contributed by atoms with van der Waals surface area (Å²) in [5.41, 5.74) is 7.11. The highest BCUT2D eigenvalue weighted by Crippen LogP contribution is 2.51. The Bertz CT molecular complexity index is 959. The molecule has 7 nitrogen and oxygen atoms in total. The van der Waals surface area contributed by atoms with Crippen LogP contribution in [-0.4, -0.2) is 31.1 Å². The molecule has 0 radical (unpaired) electrons. The van der Waals surface area contributed by atoms with E-state index >= 15 is 0 Å². The fourth-order valence-electron chi connectivity index (χ4n) is 2.88. The van der Waals surface area contributed by atoms with Crippen LogP contribution < -0.4 is 11.1 Å². The van der Waals surface area contributed by atoms with Gasteiger partial charge in [0, 0.05) is 22.0 Å². The van der Waals surface area contributed by atoms with Gasteiger partial charge in [-0.05, 0) is 49.2 Å². The molecule has 0 fully saturated rings. The highest BCUT2D eigenvalue weighted by Gasteiger charge is 2.25. The van der Waals surface area contributed by atoms with Crippen LogP contribution in [0.2, 0.25) is 10.0 Å². The lowest BCUT2D eigenvalue weighted by atomic mass is 10.0. The number of nitrogens with two attached hydrogens (primary N) is 1. The Morgan fingerprint density at radius 3 is 2.19 bits per heavy atom. The maximum absolute atomic E-state index is 12.6. The van der Waals surface area contributed by atoms with Crippen molar-refractivity contribution in [1.82, 2.24) is 5.32 Å². The number of nitrogens with one attached hydrogen (secondary N) is 1. The van der Waals surface area contributed by atoms with Crippen LogP contribution in [0.3, 0.4) is 0 Å². The predicted molar refractivity (Wildman–Crippen MR) is 122 cm³/mol. The summed E-state index contributed by atoms with van der Waals surface area (Å²) in [7, 11) is -3.25. The van der Waals surface area contributed by atoms with E-state index in [1.54, 1.807) is 56.3 Å². The molecule has 0 aromatic heterocycles. The van der Waals surface area contributed by atoms with E-state index in [4.69, 9.17) is 38.0 Å². The molecule has 10 heteroatoms. The van der Waals surface area contributed by atoms with E-state index in [0.717, 1.165) is 0 Å². The van der Waals surface area contributed by atoms with Gasteiger partial charge in [0.15, 0.2) is 0 Å². The monoisotopic (exact) mass is 486 g/mol. The van der Waals surface area contributed by atoms with Crippen LogP contribution in [0.15, 0.2) is 42.5 Å². The zero-order valence-corrected chi connectivity index (χ0v) is 19.7. The molecule has 0 aliphatic carbocycles. The lowest BCUT2D eigenvalue weighted by molar-refractivity contribution is -0.119. The van der Waals surface area contributed by atoms with Crippen molar-refractivity contribution in [2.45, 2.75) is 32.5 Å². The van der Waals surface area contributed by atoms with Crippen molar-refractivity contribution in [3.63, 3.8) is 0 Å². The summed E-state index contributed by atoms with van der Waals surface area (Å²) < 4.78 is 23.2. The van der Waals surface area contributed by atoms with Gasteiger partial charge in [0.1, 0.15) is 6.04 Å². The number of halogens is 2. The molecule has 2 amide bonds. The molecule has 0 unspecified atom stereocenters. The van der Waals surface area contributed by atoms with Gasteiger partial charge in [-0.3, -0.25) is 14.2 Å². The van der Waals surface area contributed by atoms with Crippen molar-refractivity contribution in [2.24, 2.45) is 5.73 Å².